The molecule has 25 heavy (non-hydrogen) atoms. The number of hydrogen-bond donors (Lipinski definition) is 0. The van der Waals surface area contributed by atoms with Gasteiger partial charge in [0.05, 0.1) is 6.61 Å². The lowest BCUT2D eigenvalue weighted by Crippen LogP contribution is -2.21. The van der Waals surface area contributed by atoms with Gasteiger partial charge in [0.1, 0.15) is 5.75 Å². The first-order chi connectivity index (χ1) is 11.8. The molecule has 0 aromatic heterocycles. The highest BCUT2D eigenvalue weighted by Gasteiger charge is 2.21. The third-order valence-corrected chi connectivity index (χ3v) is 3.66. The van der Waals surface area contributed by atoms with Crippen molar-refractivity contribution in [1.82, 2.24) is 0 Å². The lowest BCUT2D eigenvalue weighted by molar-refractivity contribution is -0.136. The molecular formula is C21H26O4. The molecule has 0 N–H and O–H groups in total. The van der Waals surface area contributed by atoms with E-state index in [9.17, 15) is 4.79 Å². The summed E-state index contributed by atoms with van der Waals surface area (Å²) in [6, 6.07) is 13.1. The Morgan fingerprint density at radius 3 is 2.20 bits per heavy atom. The highest BCUT2D eigenvalue weighted by atomic mass is 16.6. The summed E-state index contributed by atoms with van der Waals surface area (Å²) in [4.78, 5) is 12.2. The van der Waals surface area contributed by atoms with Crippen LogP contribution in [0.3, 0.4) is 0 Å². The van der Waals surface area contributed by atoms with E-state index in [1.807, 2.05) is 50.2 Å². The fraction of sp³-hybridized carbons (Fsp3) is 0.381. The van der Waals surface area contributed by atoms with Crippen molar-refractivity contribution in [1.29, 1.82) is 0 Å². The lowest BCUT2D eigenvalue weighted by atomic mass is 9.85. The minimum absolute atomic E-state index is 0.121. The van der Waals surface area contributed by atoms with E-state index in [-0.39, 0.29) is 12.0 Å². The van der Waals surface area contributed by atoms with E-state index in [0.29, 0.717) is 23.9 Å². The maximum Gasteiger partial charge on any atom is 0.349 e. The van der Waals surface area contributed by atoms with Gasteiger partial charge in [-0.05, 0) is 37.5 Å². The van der Waals surface area contributed by atoms with Gasteiger partial charge in [-0.1, -0.05) is 50.6 Å². The van der Waals surface area contributed by atoms with E-state index in [0.717, 1.165) is 11.1 Å². The van der Waals surface area contributed by atoms with Crippen LogP contribution in [0.4, 0.5) is 0 Å². The van der Waals surface area contributed by atoms with Gasteiger partial charge in [-0.15, -0.1) is 0 Å². The van der Waals surface area contributed by atoms with Crippen LogP contribution in [0.15, 0.2) is 42.5 Å². The normalized spacial score (nSPS) is 11.1. The Hall–Kier alpha value is -2.49. The molecule has 2 aromatic carbocycles. The molecule has 0 atom stereocenters. The molecule has 2 rings (SSSR count). The number of esters is 1. The van der Waals surface area contributed by atoms with Crippen molar-refractivity contribution < 1.29 is 19.0 Å². The maximum atomic E-state index is 12.2. The van der Waals surface area contributed by atoms with Crippen LogP contribution >= 0.6 is 0 Å². The largest absolute Gasteiger partial charge is 0.490 e. The minimum atomic E-state index is -0.444. The van der Waals surface area contributed by atoms with Crippen molar-refractivity contribution in [2.75, 3.05) is 13.2 Å². The molecule has 4 heteroatoms. The lowest BCUT2D eigenvalue weighted by Gasteiger charge is -2.22. The van der Waals surface area contributed by atoms with E-state index in [1.165, 1.54) is 0 Å². The highest BCUT2D eigenvalue weighted by molar-refractivity contribution is 5.74. The Bertz CT molecular complexity index is 729. The van der Waals surface area contributed by atoms with Crippen LogP contribution in [0.1, 0.15) is 38.8 Å². The van der Waals surface area contributed by atoms with Gasteiger partial charge in [-0.3, -0.25) is 0 Å². The summed E-state index contributed by atoms with van der Waals surface area (Å²) in [5, 5.41) is 0. The molecule has 0 bridgehead atoms. The molecule has 0 saturated heterocycles. The van der Waals surface area contributed by atoms with Gasteiger partial charge in [0, 0.05) is 5.56 Å². The molecule has 0 spiro atoms. The number of aryl methyl sites for hydroxylation is 1. The summed E-state index contributed by atoms with van der Waals surface area (Å²) < 4.78 is 16.6. The molecule has 0 aliphatic heterocycles. The number of ether oxygens (including phenoxy) is 3. The third-order valence-electron chi connectivity index (χ3n) is 3.66. The number of benzene rings is 2. The summed E-state index contributed by atoms with van der Waals surface area (Å²) in [5.41, 5.74) is 2.01. The summed E-state index contributed by atoms with van der Waals surface area (Å²) in [7, 11) is 0. The molecular weight excluding hydrogens is 316 g/mol. The zero-order valence-corrected chi connectivity index (χ0v) is 15.6. The smallest absolute Gasteiger partial charge is 0.349 e. The van der Waals surface area contributed by atoms with Gasteiger partial charge in [-0.25, -0.2) is 4.79 Å². The number of para-hydroxylation sites is 2. The first-order valence-corrected chi connectivity index (χ1v) is 8.47. The average Bonchev–Trinajstić information content (AvgIpc) is 2.55. The molecule has 0 aliphatic rings. The predicted octanol–water partition coefficient (Wildman–Crippen LogP) is 4.68. The van der Waals surface area contributed by atoms with Crippen molar-refractivity contribution in [2.24, 2.45) is 0 Å². The first-order valence-electron chi connectivity index (χ1n) is 8.47. The Morgan fingerprint density at radius 1 is 0.960 bits per heavy atom. The summed E-state index contributed by atoms with van der Waals surface area (Å²) in [6.07, 6.45) is 0. The van der Waals surface area contributed by atoms with E-state index >= 15 is 0 Å². The van der Waals surface area contributed by atoms with Gasteiger partial charge in [-0.2, -0.15) is 0 Å². The van der Waals surface area contributed by atoms with Gasteiger partial charge in [0.15, 0.2) is 18.1 Å². The van der Waals surface area contributed by atoms with Crippen LogP contribution in [-0.2, 0) is 10.2 Å². The van der Waals surface area contributed by atoms with E-state index < -0.39 is 5.97 Å². The van der Waals surface area contributed by atoms with Crippen LogP contribution in [0, 0.1) is 6.92 Å². The first kappa shape index (κ1) is 18.8. The van der Waals surface area contributed by atoms with E-state index in [4.69, 9.17) is 14.2 Å². The van der Waals surface area contributed by atoms with Gasteiger partial charge in [0.2, 0.25) is 0 Å². The van der Waals surface area contributed by atoms with Crippen molar-refractivity contribution >= 4 is 5.97 Å². The molecule has 0 fully saturated rings. The molecule has 4 nitrogen and oxygen atoms in total. The SMILES string of the molecule is CCOc1ccccc1OCC(=O)Oc1ccc(C)cc1C(C)(C)C. The van der Waals surface area contributed by atoms with Crippen LogP contribution < -0.4 is 14.2 Å². The second-order valence-electron chi connectivity index (χ2n) is 6.89. The molecule has 0 unspecified atom stereocenters. The molecule has 2 aromatic rings. The van der Waals surface area contributed by atoms with Crippen molar-refractivity contribution in [2.45, 2.75) is 40.0 Å². The summed E-state index contributed by atoms with van der Waals surface area (Å²) in [5.74, 6) is 1.27. The maximum absolute atomic E-state index is 12.2. The number of carbonyl (C=O) groups is 1. The standard InChI is InChI=1S/C21H26O4/c1-6-23-18-9-7-8-10-19(18)24-14-20(22)25-17-12-11-15(2)13-16(17)21(3,4)5/h7-13H,6,14H2,1-5H3. The highest BCUT2D eigenvalue weighted by Crippen LogP contribution is 2.32. The number of rotatable bonds is 6. The van der Waals surface area contributed by atoms with E-state index in [2.05, 4.69) is 20.8 Å². The second-order valence-corrected chi connectivity index (χ2v) is 6.89. The monoisotopic (exact) mass is 342 g/mol. The summed E-state index contributed by atoms with van der Waals surface area (Å²) in [6.45, 7) is 10.5. The van der Waals surface area contributed by atoms with Gasteiger partial charge < -0.3 is 14.2 Å². The fourth-order valence-corrected chi connectivity index (χ4v) is 2.45. The second kappa shape index (κ2) is 8.06. The molecule has 0 radical (unpaired) electrons. The van der Waals surface area contributed by atoms with Crippen molar-refractivity contribution in [3.8, 4) is 17.2 Å². The van der Waals surface area contributed by atoms with Crippen LogP contribution in [0.5, 0.6) is 17.2 Å². The van der Waals surface area contributed by atoms with Crippen molar-refractivity contribution in [3.63, 3.8) is 0 Å². The van der Waals surface area contributed by atoms with Crippen LogP contribution in [-0.4, -0.2) is 19.2 Å². The van der Waals surface area contributed by atoms with Gasteiger partial charge in [0.25, 0.3) is 0 Å². The fourth-order valence-electron chi connectivity index (χ4n) is 2.45. The molecule has 0 amide bonds. The Kier molecular flexibility index (Phi) is 6.07. The number of hydrogen-bond acceptors (Lipinski definition) is 4. The average molecular weight is 342 g/mol. The quantitative estimate of drug-likeness (QED) is 0.565. The topological polar surface area (TPSA) is 44.8 Å². The Balaban J connectivity index is 2.07. The predicted molar refractivity (Wildman–Crippen MR) is 98.6 cm³/mol. The molecule has 134 valence electrons. The van der Waals surface area contributed by atoms with Crippen LogP contribution in [0.2, 0.25) is 0 Å². The number of carbonyl (C=O) groups excluding carboxylic acids is 1. The molecule has 0 heterocycles. The van der Waals surface area contributed by atoms with Gasteiger partial charge >= 0.3 is 5.97 Å². The zero-order chi connectivity index (χ0) is 18.4. The van der Waals surface area contributed by atoms with Crippen LogP contribution in [0.25, 0.3) is 0 Å². The Labute approximate surface area is 149 Å². The Morgan fingerprint density at radius 2 is 1.60 bits per heavy atom. The summed E-state index contributed by atoms with van der Waals surface area (Å²) >= 11 is 0. The van der Waals surface area contributed by atoms with E-state index in [1.54, 1.807) is 6.07 Å². The zero-order valence-electron chi connectivity index (χ0n) is 15.6. The van der Waals surface area contributed by atoms with Crippen molar-refractivity contribution in [3.05, 3.63) is 53.6 Å². The molecule has 0 saturated carbocycles. The molecule has 0 aliphatic carbocycles. The third kappa shape index (κ3) is 5.24. The minimum Gasteiger partial charge on any atom is -0.490 e.